The first-order chi connectivity index (χ1) is 10.2. The van der Waals surface area contributed by atoms with Gasteiger partial charge in [0.2, 0.25) is 0 Å². The van der Waals surface area contributed by atoms with Gasteiger partial charge in [-0.2, -0.15) is 0 Å². The molecule has 0 aliphatic heterocycles. The van der Waals surface area contributed by atoms with Crippen molar-refractivity contribution in [2.75, 3.05) is 7.05 Å². The van der Waals surface area contributed by atoms with E-state index in [0.717, 1.165) is 22.9 Å². The van der Waals surface area contributed by atoms with E-state index in [-0.39, 0.29) is 11.9 Å². The summed E-state index contributed by atoms with van der Waals surface area (Å²) >= 11 is 3.56. The predicted octanol–water partition coefficient (Wildman–Crippen LogP) is 5.17. The Bertz CT molecular complexity index is 744. The standard InChI is InChI=1S/C17H18FNS2/c1-3-13-6-7-14(20-13)10-15(19-2)17-8-11-4-5-12(18)9-16(11)21-17/h4-9,15,19H,3,10H2,1-2H3. The van der Waals surface area contributed by atoms with Gasteiger partial charge in [0, 0.05) is 31.8 Å². The molecule has 110 valence electrons. The summed E-state index contributed by atoms with van der Waals surface area (Å²) in [5.41, 5.74) is 0. The maximum atomic E-state index is 13.3. The average molecular weight is 319 g/mol. The normalized spacial score (nSPS) is 12.9. The highest BCUT2D eigenvalue weighted by molar-refractivity contribution is 7.19. The molecule has 3 rings (SSSR count). The molecule has 0 aliphatic carbocycles. The molecule has 0 aliphatic rings. The van der Waals surface area contributed by atoms with Crippen LogP contribution < -0.4 is 5.32 Å². The number of thiophene rings is 2. The van der Waals surface area contributed by atoms with Crippen LogP contribution in [0.1, 0.15) is 27.6 Å². The number of fused-ring (bicyclic) bond motifs is 1. The van der Waals surface area contributed by atoms with E-state index in [4.69, 9.17) is 0 Å². The minimum atomic E-state index is -0.164. The Morgan fingerprint density at radius 2 is 1.90 bits per heavy atom. The van der Waals surface area contributed by atoms with E-state index in [1.54, 1.807) is 17.4 Å². The summed E-state index contributed by atoms with van der Waals surface area (Å²) in [6.07, 6.45) is 2.08. The van der Waals surface area contributed by atoms with E-state index in [9.17, 15) is 4.39 Å². The molecule has 0 fully saturated rings. The summed E-state index contributed by atoms with van der Waals surface area (Å²) in [5, 5.41) is 4.52. The van der Waals surface area contributed by atoms with Crippen molar-refractivity contribution in [1.82, 2.24) is 5.32 Å². The zero-order valence-corrected chi connectivity index (χ0v) is 13.8. The molecule has 1 unspecified atom stereocenters. The lowest BCUT2D eigenvalue weighted by Gasteiger charge is -2.13. The quantitative estimate of drug-likeness (QED) is 0.684. The molecule has 0 amide bonds. The van der Waals surface area contributed by atoms with Crippen LogP contribution in [0.5, 0.6) is 0 Å². The Morgan fingerprint density at radius 1 is 1.10 bits per heavy atom. The summed E-state index contributed by atoms with van der Waals surface area (Å²) in [6, 6.07) is 11.9. The first kappa shape index (κ1) is 14.7. The van der Waals surface area contributed by atoms with Crippen LogP contribution in [0.15, 0.2) is 36.4 Å². The Morgan fingerprint density at radius 3 is 2.62 bits per heavy atom. The van der Waals surface area contributed by atoms with Gasteiger partial charge >= 0.3 is 0 Å². The smallest absolute Gasteiger partial charge is 0.124 e. The molecular formula is C17H18FNS2. The van der Waals surface area contributed by atoms with E-state index >= 15 is 0 Å². The summed E-state index contributed by atoms with van der Waals surface area (Å²) in [5.74, 6) is -0.164. The monoisotopic (exact) mass is 319 g/mol. The van der Waals surface area contributed by atoms with Crippen LogP contribution in [0, 0.1) is 5.82 Å². The zero-order valence-electron chi connectivity index (χ0n) is 12.2. The average Bonchev–Trinajstić information content (AvgIpc) is 3.10. The van der Waals surface area contributed by atoms with Gasteiger partial charge in [-0.1, -0.05) is 13.0 Å². The summed E-state index contributed by atoms with van der Waals surface area (Å²) in [6.45, 7) is 2.19. The van der Waals surface area contributed by atoms with E-state index < -0.39 is 0 Å². The molecule has 3 aromatic rings. The van der Waals surface area contributed by atoms with Gasteiger partial charge < -0.3 is 5.32 Å². The minimum absolute atomic E-state index is 0.164. The van der Waals surface area contributed by atoms with Gasteiger partial charge in [0.05, 0.1) is 0 Å². The molecule has 0 radical (unpaired) electrons. The number of aryl methyl sites for hydroxylation is 1. The van der Waals surface area contributed by atoms with Gasteiger partial charge in [-0.3, -0.25) is 0 Å². The number of rotatable bonds is 5. The second-order valence-electron chi connectivity index (χ2n) is 5.10. The van der Waals surface area contributed by atoms with Crippen LogP contribution in [-0.4, -0.2) is 7.05 Å². The van der Waals surface area contributed by atoms with Crippen LogP contribution in [0.4, 0.5) is 4.39 Å². The fraction of sp³-hybridized carbons (Fsp3) is 0.294. The van der Waals surface area contributed by atoms with E-state index in [1.165, 1.54) is 20.7 Å². The Labute approximate surface area is 132 Å². The first-order valence-electron chi connectivity index (χ1n) is 7.13. The SMILES string of the molecule is CCc1ccc(CC(NC)c2cc3ccc(F)cc3s2)s1. The fourth-order valence-electron chi connectivity index (χ4n) is 2.47. The molecule has 1 aromatic carbocycles. The largest absolute Gasteiger partial charge is 0.312 e. The highest BCUT2D eigenvalue weighted by atomic mass is 32.1. The Kier molecular flexibility index (Phi) is 4.38. The topological polar surface area (TPSA) is 12.0 Å². The molecule has 0 spiro atoms. The predicted molar refractivity (Wildman–Crippen MR) is 91.0 cm³/mol. The van der Waals surface area contributed by atoms with Gasteiger partial charge in [-0.15, -0.1) is 22.7 Å². The van der Waals surface area contributed by atoms with Gasteiger partial charge in [-0.05, 0) is 49.2 Å². The van der Waals surface area contributed by atoms with Crippen molar-refractivity contribution in [3.63, 3.8) is 0 Å². The lowest BCUT2D eigenvalue weighted by atomic mass is 10.1. The van der Waals surface area contributed by atoms with Crippen LogP contribution >= 0.6 is 22.7 Å². The molecule has 1 nitrogen and oxygen atoms in total. The highest BCUT2D eigenvalue weighted by Crippen LogP contribution is 2.33. The third kappa shape index (κ3) is 3.18. The van der Waals surface area contributed by atoms with Gasteiger partial charge in [0.25, 0.3) is 0 Å². The number of hydrogen-bond donors (Lipinski definition) is 1. The van der Waals surface area contributed by atoms with E-state index in [1.807, 2.05) is 24.5 Å². The van der Waals surface area contributed by atoms with Gasteiger partial charge in [0.1, 0.15) is 5.82 Å². The third-order valence-corrected chi connectivity index (χ3v) is 6.13. The van der Waals surface area contributed by atoms with Crippen molar-refractivity contribution < 1.29 is 4.39 Å². The summed E-state index contributed by atoms with van der Waals surface area (Å²) in [4.78, 5) is 4.10. The molecule has 0 saturated carbocycles. The fourth-order valence-corrected chi connectivity index (χ4v) is 4.67. The summed E-state index contributed by atoms with van der Waals surface area (Å²) in [7, 11) is 1.99. The van der Waals surface area contributed by atoms with Crippen LogP contribution in [-0.2, 0) is 12.8 Å². The molecule has 2 heterocycles. The van der Waals surface area contributed by atoms with Crippen molar-refractivity contribution in [2.45, 2.75) is 25.8 Å². The zero-order chi connectivity index (χ0) is 14.8. The molecule has 2 aromatic heterocycles. The molecule has 0 saturated heterocycles. The molecular weight excluding hydrogens is 301 g/mol. The van der Waals surface area contributed by atoms with Crippen molar-refractivity contribution in [3.05, 3.63) is 56.8 Å². The number of halogens is 1. The third-order valence-electron chi connectivity index (χ3n) is 3.66. The van der Waals surface area contributed by atoms with Crippen LogP contribution in [0.2, 0.25) is 0 Å². The second-order valence-corrected chi connectivity index (χ2v) is 7.47. The maximum Gasteiger partial charge on any atom is 0.124 e. The van der Waals surface area contributed by atoms with Crippen LogP contribution in [0.3, 0.4) is 0 Å². The molecule has 0 bridgehead atoms. The number of benzene rings is 1. The number of hydrogen-bond acceptors (Lipinski definition) is 3. The number of likely N-dealkylation sites (N-methyl/N-ethyl adjacent to an activating group) is 1. The van der Waals surface area contributed by atoms with Crippen molar-refractivity contribution >= 4 is 32.8 Å². The van der Waals surface area contributed by atoms with E-state index in [0.29, 0.717) is 0 Å². The van der Waals surface area contributed by atoms with Crippen molar-refractivity contribution in [1.29, 1.82) is 0 Å². The molecule has 1 atom stereocenters. The lowest BCUT2D eigenvalue weighted by Crippen LogP contribution is -2.17. The Balaban J connectivity index is 1.86. The second kappa shape index (κ2) is 6.26. The van der Waals surface area contributed by atoms with Gasteiger partial charge in [0.15, 0.2) is 0 Å². The van der Waals surface area contributed by atoms with Crippen LogP contribution in [0.25, 0.3) is 10.1 Å². The Hall–Kier alpha value is -1.23. The molecule has 4 heteroatoms. The summed E-state index contributed by atoms with van der Waals surface area (Å²) < 4.78 is 14.3. The van der Waals surface area contributed by atoms with Crippen molar-refractivity contribution in [2.24, 2.45) is 0 Å². The maximum absolute atomic E-state index is 13.3. The van der Waals surface area contributed by atoms with Crippen molar-refractivity contribution in [3.8, 4) is 0 Å². The van der Waals surface area contributed by atoms with Gasteiger partial charge in [-0.25, -0.2) is 4.39 Å². The molecule has 21 heavy (non-hydrogen) atoms. The number of nitrogens with one attached hydrogen (secondary N) is 1. The van der Waals surface area contributed by atoms with E-state index in [2.05, 4.69) is 30.4 Å². The lowest BCUT2D eigenvalue weighted by molar-refractivity contribution is 0.607. The highest BCUT2D eigenvalue weighted by Gasteiger charge is 2.15. The first-order valence-corrected chi connectivity index (χ1v) is 8.76. The minimum Gasteiger partial charge on any atom is -0.312 e. The molecule has 1 N–H and O–H groups in total.